The van der Waals surface area contributed by atoms with Crippen LogP contribution >= 0.6 is 0 Å². The van der Waals surface area contributed by atoms with E-state index < -0.39 is 0 Å². The van der Waals surface area contributed by atoms with Gasteiger partial charge in [0, 0.05) is 59.3 Å². The molecule has 8 rings (SSSR count). The number of rotatable bonds is 8. The molecule has 2 aromatic carbocycles. The SMILES string of the molecule is CCN(CC)c1ccc2c(-c3ccccc3C(=O)O[C@H]3CC[C@H]4[C@@H]5CCC6=CC(=O)CC[C@]6(C)[C@H]5CC[C@]34C)c3ccc(=[N+](CC)CC)cc-3oc2c1.[Cl-]. The molecule has 286 valence electrons. The van der Waals surface area contributed by atoms with Gasteiger partial charge in [-0.25, -0.2) is 9.37 Å². The number of carbonyl (C=O) groups excluding carboxylic acids is 2. The summed E-state index contributed by atoms with van der Waals surface area (Å²) in [6.45, 7) is 17.2. The number of carbonyl (C=O) groups is 2. The molecule has 0 aromatic heterocycles. The van der Waals surface area contributed by atoms with Crippen LogP contribution in [0.4, 0.5) is 5.69 Å². The maximum absolute atomic E-state index is 14.6. The smallest absolute Gasteiger partial charge is 0.339 e. The lowest BCUT2D eigenvalue weighted by molar-refractivity contribution is -0.118. The average Bonchev–Trinajstić information content (AvgIpc) is 3.50. The number of ketones is 1. The summed E-state index contributed by atoms with van der Waals surface area (Å²) < 4.78 is 15.8. The number of esters is 1. The molecule has 0 spiro atoms. The second-order valence-corrected chi connectivity index (χ2v) is 16.7. The van der Waals surface area contributed by atoms with Crippen molar-refractivity contribution in [2.75, 3.05) is 31.1 Å². The molecule has 0 radical (unpaired) electrons. The number of anilines is 1. The van der Waals surface area contributed by atoms with Crippen molar-refractivity contribution in [3.05, 3.63) is 83.2 Å². The quantitative estimate of drug-likeness (QED) is 0.111. The lowest BCUT2D eigenvalue weighted by Gasteiger charge is -2.57. The van der Waals surface area contributed by atoms with E-state index in [1.165, 1.54) is 5.57 Å². The second kappa shape index (κ2) is 15.0. The monoisotopic (exact) mass is 748 g/mol. The molecule has 3 saturated carbocycles. The van der Waals surface area contributed by atoms with Gasteiger partial charge in [-0.3, -0.25) is 4.79 Å². The molecule has 5 aliphatic carbocycles. The maximum atomic E-state index is 14.6. The number of ether oxygens (including phenoxy) is 1. The molecule has 2 aromatic rings. The summed E-state index contributed by atoms with van der Waals surface area (Å²) >= 11 is 0. The fourth-order valence-corrected chi connectivity index (χ4v) is 11.5. The zero-order valence-electron chi connectivity index (χ0n) is 33.1. The van der Waals surface area contributed by atoms with E-state index in [0.717, 1.165) is 116 Å². The molecule has 6 nitrogen and oxygen atoms in total. The van der Waals surface area contributed by atoms with Crippen LogP contribution in [0, 0.1) is 28.6 Å². The number of hydrogen-bond donors (Lipinski definition) is 0. The summed E-state index contributed by atoms with van der Waals surface area (Å²) in [5.74, 6) is 2.65. The Morgan fingerprint density at radius 1 is 0.870 bits per heavy atom. The fraction of sp³-hybridized carbons (Fsp3) is 0.511. The van der Waals surface area contributed by atoms with Crippen LogP contribution in [0.3, 0.4) is 0 Å². The van der Waals surface area contributed by atoms with Crippen LogP contribution in [-0.2, 0) is 9.53 Å². The summed E-state index contributed by atoms with van der Waals surface area (Å²) in [5.41, 5.74) is 6.90. The molecule has 1 aliphatic heterocycles. The summed E-state index contributed by atoms with van der Waals surface area (Å²) in [4.78, 5) is 29.3. The second-order valence-electron chi connectivity index (χ2n) is 16.7. The van der Waals surface area contributed by atoms with Crippen LogP contribution in [0.2, 0.25) is 0 Å². The van der Waals surface area contributed by atoms with Gasteiger partial charge in [0.05, 0.1) is 11.6 Å². The molecule has 0 unspecified atom stereocenters. The molecule has 0 bridgehead atoms. The summed E-state index contributed by atoms with van der Waals surface area (Å²) in [7, 11) is 0. The summed E-state index contributed by atoms with van der Waals surface area (Å²) in [5, 5.41) is 2.11. The third-order valence-corrected chi connectivity index (χ3v) is 14.5. The largest absolute Gasteiger partial charge is 1.00 e. The van der Waals surface area contributed by atoms with Crippen molar-refractivity contribution in [3.63, 3.8) is 0 Å². The molecular formula is C47H57ClN2O4. The lowest BCUT2D eigenvalue weighted by atomic mass is 9.47. The average molecular weight is 749 g/mol. The van der Waals surface area contributed by atoms with E-state index in [1.54, 1.807) is 0 Å². The molecule has 0 amide bonds. The van der Waals surface area contributed by atoms with Crippen molar-refractivity contribution in [2.24, 2.45) is 28.6 Å². The number of allylic oxidation sites excluding steroid dienone is 1. The van der Waals surface area contributed by atoms with Crippen LogP contribution < -0.4 is 27.2 Å². The van der Waals surface area contributed by atoms with E-state index in [0.29, 0.717) is 35.5 Å². The topological polar surface area (TPSA) is 62.8 Å². The van der Waals surface area contributed by atoms with Crippen molar-refractivity contribution in [3.8, 4) is 22.5 Å². The van der Waals surface area contributed by atoms with Crippen molar-refractivity contribution in [2.45, 2.75) is 99.0 Å². The van der Waals surface area contributed by atoms with Gasteiger partial charge in [-0.1, -0.05) is 37.6 Å². The van der Waals surface area contributed by atoms with Gasteiger partial charge in [0.25, 0.3) is 0 Å². The Kier molecular flexibility index (Phi) is 10.6. The highest BCUT2D eigenvalue weighted by Gasteiger charge is 2.60. The Morgan fingerprint density at radius 3 is 2.41 bits per heavy atom. The maximum Gasteiger partial charge on any atom is 0.339 e. The third kappa shape index (κ3) is 6.21. The first-order valence-corrected chi connectivity index (χ1v) is 20.5. The normalized spacial score (nSPS) is 27.4. The van der Waals surface area contributed by atoms with E-state index in [1.807, 2.05) is 24.3 Å². The van der Waals surface area contributed by atoms with Gasteiger partial charge in [0.15, 0.2) is 5.78 Å². The number of fused-ring (bicyclic) bond motifs is 7. The predicted molar refractivity (Wildman–Crippen MR) is 214 cm³/mol. The summed E-state index contributed by atoms with van der Waals surface area (Å²) in [6, 6.07) is 21.0. The van der Waals surface area contributed by atoms with Crippen LogP contribution in [0.15, 0.2) is 76.7 Å². The van der Waals surface area contributed by atoms with Crippen LogP contribution in [0.5, 0.6) is 0 Å². The van der Waals surface area contributed by atoms with E-state index in [4.69, 9.17) is 9.15 Å². The Morgan fingerprint density at radius 2 is 1.65 bits per heavy atom. The molecular weight excluding hydrogens is 692 g/mol. The Balaban J connectivity index is 0.00000450. The van der Waals surface area contributed by atoms with Crippen LogP contribution in [-0.4, -0.2) is 44.0 Å². The highest BCUT2D eigenvalue weighted by atomic mass is 35.5. The van der Waals surface area contributed by atoms with E-state index in [2.05, 4.69) is 93.5 Å². The molecule has 54 heavy (non-hydrogen) atoms. The van der Waals surface area contributed by atoms with Gasteiger partial charge in [-0.15, -0.1) is 0 Å². The van der Waals surface area contributed by atoms with Crippen molar-refractivity contribution >= 4 is 28.4 Å². The minimum Gasteiger partial charge on any atom is -1.00 e. The zero-order chi connectivity index (χ0) is 37.1. The minimum absolute atomic E-state index is 0. The number of hydrogen-bond acceptors (Lipinski definition) is 5. The predicted octanol–water partition coefficient (Wildman–Crippen LogP) is 6.92. The van der Waals surface area contributed by atoms with E-state index >= 15 is 0 Å². The Labute approximate surface area is 327 Å². The number of halogens is 1. The highest BCUT2D eigenvalue weighted by Crippen LogP contribution is 2.65. The zero-order valence-corrected chi connectivity index (χ0v) is 33.8. The first-order chi connectivity index (χ1) is 25.6. The molecule has 0 N–H and O–H groups in total. The molecule has 1 heterocycles. The van der Waals surface area contributed by atoms with Gasteiger partial charge in [0.2, 0.25) is 5.36 Å². The summed E-state index contributed by atoms with van der Waals surface area (Å²) in [6.07, 6.45) is 9.94. The first kappa shape index (κ1) is 38.4. The van der Waals surface area contributed by atoms with Crippen LogP contribution in [0.1, 0.15) is 103 Å². The first-order valence-electron chi connectivity index (χ1n) is 20.5. The van der Waals surface area contributed by atoms with Crippen molar-refractivity contribution in [1.82, 2.24) is 4.58 Å². The standard InChI is InChI=1S/C47H57N2O4.ClH/c1-7-48(8-2)31-16-19-37-41(28-31)52-42-29-32(49(9-3)10-4)17-20-38(42)44(37)34-13-11-12-14-35(34)45(51)53-43-22-21-39-36-18-15-30-27-33(50)23-25-46(30,5)40(36)24-26-47(39,43)6;/h11-14,16-17,19-20,27-29,36,39-40,43H,7-10,15,18,21-26H2,1-6H3;1H/q+1;/p-1/t36-,39-,40-,43-,46-,47-;/m0./s1. The Bertz CT molecular complexity index is 2140. The van der Waals surface area contributed by atoms with E-state index in [9.17, 15) is 9.59 Å². The minimum atomic E-state index is -0.233. The lowest BCUT2D eigenvalue weighted by Crippen LogP contribution is -3.00. The van der Waals surface area contributed by atoms with Crippen molar-refractivity contribution < 1.29 is 31.2 Å². The van der Waals surface area contributed by atoms with Gasteiger partial charge >= 0.3 is 5.97 Å². The molecule has 3 fully saturated rings. The molecule has 7 heteroatoms. The van der Waals surface area contributed by atoms with Gasteiger partial charge in [-0.2, -0.15) is 0 Å². The van der Waals surface area contributed by atoms with Gasteiger partial charge in [-0.05, 0) is 132 Å². The molecule has 0 saturated heterocycles. The Hall–Kier alpha value is -3.90. The molecule has 6 atom stereocenters. The number of benzene rings is 3. The third-order valence-electron chi connectivity index (χ3n) is 14.5. The van der Waals surface area contributed by atoms with Gasteiger partial charge < -0.3 is 26.5 Å². The van der Waals surface area contributed by atoms with Gasteiger partial charge in [0.1, 0.15) is 30.5 Å². The van der Waals surface area contributed by atoms with E-state index in [-0.39, 0.29) is 35.3 Å². The number of nitrogens with zero attached hydrogens (tertiary/aromatic N) is 2. The fourth-order valence-electron chi connectivity index (χ4n) is 11.5. The van der Waals surface area contributed by atoms with Crippen LogP contribution in [0.25, 0.3) is 33.4 Å². The van der Waals surface area contributed by atoms with Crippen molar-refractivity contribution in [1.29, 1.82) is 0 Å². The highest BCUT2D eigenvalue weighted by molar-refractivity contribution is 6.08. The molecule has 6 aliphatic rings.